The molecule has 0 saturated heterocycles. The Morgan fingerprint density at radius 1 is 1.50 bits per heavy atom. The number of ether oxygens (including phenoxy) is 1. The number of amides is 1. The first-order valence-electron chi connectivity index (χ1n) is 5.84. The van der Waals surface area contributed by atoms with Gasteiger partial charge in [0, 0.05) is 11.7 Å². The van der Waals surface area contributed by atoms with Gasteiger partial charge in [0.05, 0.1) is 24.7 Å². The lowest BCUT2D eigenvalue weighted by atomic mass is 10.2. The van der Waals surface area contributed by atoms with E-state index in [-0.39, 0.29) is 10.6 Å². The van der Waals surface area contributed by atoms with Crippen LogP contribution in [-0.2, 0) is 0 Å². The molecule has 1 amide bonds. The molecule has 0 atom stereocenters. The van der Waals surface area contributed by atoms with Crippen molar-refractivity contribution in [2.45, 2.75) is 6.43 Å². The number of rotatable bonds is 4. The van der Waals surface area contributed by atoms with E-state index in [1.165, 1.54) is 25.5 Å². The third kappa shape index (κ3) is 2.53. The Morgan fingerprint density at radius 3 is 2.80 bits per heavy atom. The van der Waals surface area contributed by atoms with Crippen LogP contribution in [0, 0.1) is 0 Å². The Hall–Kier alpha value is -1.89. The van der Waals surface area contributed by atoms with Crippen molar-refractivity contribution in [2.75, 3.05) is 26.4 Å². The minimum atomic E-state index is -2.57. The van der Waals surface area contributed by atoms with E-state index in [1.54, 1.807) is 12.1 Å². The predicted octanol–water partition coefficient (Wildman–Crippen LogP) is 2.83. The van der Waals surface area contributed by atoms with Gasteiger partial charge in [-0.1, -0.05) is 6.07 Å². The van der Waals surface area contributed by atoms with Crippen LogP contribution in [0.5, 0.6) is 5.75 Å². The van der Waals surface area contributed by atoms with Crippen molar-refractivity contribution in [3.63, 3.8) is 0 Å². The normalized spacial score (nSPS) is 11.1. The highest BCUT2D eigenvalue weighted by Crippen LogP contribution is 2.39. The summed E-state index contributed by atoms with van der Waals surface area (Å²) in [5.41, 5.74) is 6.25. The molecule has 0 radical (unpaired) electrons. The Bertz CT molecular complexity index is 643. The average Bonchev–Trinajstić information content (AvgIpc) is 2.74. The third-order valence-corrected chi connectivity index (χ3v) is 4.05. The fourth-order valence-electron chi connectivity index (χ4n) is 1.93. The second-order valence-corrected chi connectivity index (χ2v) is 5.31. The molecule has 2 N–H and O–H groups in total. The van der Waals surface area contributed by atoms with Crippen LogP contribution < -0.4 is 10.5 Å². The number of thiophene rings is 1. The van der Waals surface area contributed by atoms with Gasteiger partial charge in [-0.15, -0.1) is 11.3 Å². The summed E-state index contributed by atoms with van der Waals surface area (Å²) < 4.78 is 30.7. The van der Waals surface area contributed by atoms with E-state index in [0.29, 0.717) is 11.1 Å². The van der Waals surface area contributed by atoms with Gasteiger partial charge in [-0.05, 0) is 12.1 Å². The number of benzene rings is 1. The molecule has 0 spiro atoms. The number of hydrogen-bond acceptors (Lipinski definition) is 4. The number of carbonyl (C=O) groups excluding carboxylic acids is 1. The van der Waals surface area contributed by atoms with Gasteiger partial charge in [-0.25, -0.2) is 8.78 Å². The number of fused-ring (bicyclic) bond motifs is 1. The largest absolute Gasteiger partial charge is 0.496 e. The quantitative estimate of drug-likeness (QED) is 0.944. The standard InChI is InChI=1S/C13H14F2N2O2S/c1-17(6-9(14)15)13(18)12-11(16)10-7(19-2)4-3-5-8(10)20-12/h3-5,9H,6,16H2,1-2H3. The van der Waals surface area contributed by atoms with E-state index < -0.39 is 18.9 Å². The second kappa shape index (κ2) is 5.62. The van der Waals surface area contributed by atoms with Crippen LogP contribution in [0.1, 0.15) is 9.67 Å². The molecule has 0 saturated carbocycles. The maximum absolute atomic E-state index is 12.3. The highest BCUT2D eigenvalue weighted by molar-refractivity contribution is 7.21. The van der Waals surface area contributed by atoms with Gasteiger partial charge in [0.1, 0.15) is 10.6 Å². The van der Waals surface area contributed by atoms with Gasteiger partial charge in [-0.2, -0.15) is 0 Å². The summed E-state index contributed by atoms with van der Waals surface area (Å²) in [6.45, 7) is -0.621. The minimum absolute atomic E-state index is 0.257. The van der Waals surface area contributed by atoms with Crippen molar-refractivity contribution in [2.24, 2.45) is 0 Å². The molecular weight excluding hydrogens is 286 g/mol. The number of nitrogens with zero attached hydrogens (tertiary/aromatic N) is 1. The fourth-order valence-corrected chi connectivity index (χ4v) is 3.07. The van der Waals surface area contributed by atoms with Crippen LogP contribution in [-0.4, -0.2) is 37.9 Å². The van der Waals surface area contributed by atoms with E-state index in [9.17, 15) is 13.6 Å². The Kier molecular flexibility index (Phi) is 4.08. The maximum Gasteiger partial charge on any atom is 0.266 e. The molecule has 0 unspecified atom stereocenters. The highest BCUT2D eigenvalue weighted by atomic mass is 32.1. The molecule has 1 aromatic carbocycles. The summed E-state index contributed by atoms with van der Waals surface area (Å²) in [6.07, 6.45) is -2.57. The van der Waals surface area contributed by atoms with Crippen LogP contribution in [0.25, 0.3) is 10.1 Å². The molecule has 0 aliphatic carbocycles. The van der Waals surface area contributed by atoms with Crippen molar-refractivity contribution in [3.8, 4) is 5.75 Å². The average molecular weight is 300 g/mol. The number of anilines is 1. The van der Waals surface area contributed by atoms with Crippen molar-refractivity contribution >= 4 is 33.0 Å². The zero-order chi connectivity index (χ0) is 14.9. The van der Waals surface area contributed by atoms with Crippen molar-refractivity contribution in [3.05, 3.63) is 23.1 Å². The Labute approximate surface area is 118 Å². The topological polar surface area (TPSA) is 55.6 Å². The van der Waals surface area contributed by atoms with Crippen LogP contribution in [0.4, 0.5) is 14.5 Å². The molecule has 0 fully saturated rings. The first kappa shape index (κ1) is 14.5. The monoisotopic (exact) mass is 300 g/mol. The summed E-state index contributed by atoms with van der Waals surface area (Å²) >= 11 is 1.18. The Balaban J connectivity index is 2.45. The maximum atomic E-state index is 12.3. The molecule has 1 heterocycles. The van der Waals surface area contributed by atoms with Gasteiger partial charge in [0.25, 0.3) is 12.3 Å². The molecule has 0 aliphatic rings. The lowest BCUT2D eigenvalue weighted by Crippen LogP contribution is -2.31. The molecule has 108 valence electrons. The second-order valence-electron chi connectivity index (χ2n) is 4.26. The molecule has 20 heavy (non-hydrogen) atoms. The first-order chi connectivity index (χ1) is 9.45. The van der Waals surface area contributed by atoms with Crippen LogP contribution in [0.2, 0.25) is 0 Å². The van der Waals surface area contributed by atoms with Crippen molar-refractivity contribution in [1.82, 2.24) is 4.90 Å². The summed E-state index contributed by atoms with van der Waals surface area (Å²) in [6, 6.07) is 5.33. The van der Waals surface area contributed by atoms with Crippen LogP contribution in [0.15, 0.2) is 18.2 Å². The van der Waals surface area contributed by atoms with Gasteiger partial charge in [0.2, 0.25) is 0 Å². The van der Waals surface area contributed by atoms with E-state index in [1.807, 2.05) is 6.07 Å². The van der Waals surface area contributed by atoms with E-state index in [2.05, 4.69) is 0 Å². The lowest BCUT2D eigenvalue weighted by molar-refractivity contribution is 0.0625. The van der Waals surface area contributed by atoms with E-state index in [4.69, 9.17) is 10.5 Å². The smallest absolute Gasteiger partial charge is 0.266 e. The van der Waals surface area contributed by atoms with Crippen LogP contribution >= 0.6 is 11.3 Å². The van der Waals surface area contributed by atoms with E-state index in [0.717, 1.165) is 9.60 Å². The molecule has 1 aromatic heterocycles. The summed E-state index contributed by atoms with van der Waals surface area (Å²) in [5.74, 6) is 0.0536. The number of methoxy groups -OCH3 is 1. The lowest BCUT2D eigenvalue weighted by Gasteiger charge is -2.15. The number of nitrogen functional groups attached to an aromatic ring is 1. The van der Waals surface area contributed by atoms with Gasteiger partial charge in [-0.3, -0.25) is 4.79 Å². The number of alkyl halides is 2. The molecular formula is C13H14F2N2O2S. The summed E-state index contributed by atoms with van der Waals surface area (Å²) in [4.78, 5) is 13.4. The minimum Gasteiger partial charge on any atom is -0.496 e. The molecule has 2 rings (SSSR count). The van der Waals surface area contributed by atoms with Gasteiger partial charge < -0.3 is 15.4 Å². The predicted molar refractivity (Wildman–Crippen MR) is 75.8 cm³/mol. The van der Waals surface area contributed by atoms with Crippen molar-refractivity contribution < 1.29 is 18.3 Å². The first-order valence-corrected chi connectivity index (χ1v) is 6.66. The van der Waals surface area contributed by atoms with Gasteiger partial charge in [0.15, 0.2) is 0 Å². The summed E-state index contributed by atoms with van der Waals surface area (Å²) in [7, 11) is 2.84. The number of hydrogen-bond donors (Lipinski definition) is 1. The van der Waals surface area contributed by atoms with Crippen molar-refractivity contribution in [1.29, 1.82) is 0 Å². The molecule has 0 aliphatic heterocycles. The molecule has 2 aromatic rings. The Morgan fingerprint density at radius 2 is 2.20 bits per heavy atom. The zero-order valence-electron chi connectivity index (χ0n) is 11.0. The number of carbonyl (C=O) groups is 1. The zero-order valence-corrected chi connectivity index (χ0v) is 11.8. The highest BCUT2D eigenvalue weighted by Gasteiger charge is 2.23. The van der Waals surface area contributed by atoms with E-state index >= 15 is 0 Å². The van der Waals surface area contributed by atoms with Gasteiger partial charge >= 0.3 is 0 Å². The molecule has 7 heteroatoms. The molecule has 0 bridgehead atoms. The third-order valence-electron chi connectivity index (χ3n) is 2.89. The number of nitrogens with two attached hydrogens (primary N) is 1. The SMILES string of the molecule is COc1cccc2sc(C(=O)N(C)CC(F)F)c(N)c12. The van der Waals surface area contributed by atoms with Crippen LogP contribution in [0.3, 0.4) is 0 Å². The molecule has 4 nitrogen and oxygen atoms in total. The summed E-state index contributed by atoms with van der Waals surface area (Å²) in [5, 5.41) is 0.647. The number of halogens is 2. The fraction of sp³-hybridized carbons (Fsp3) is 0.308.